The highest BCUT2D eigenvalue weighted by Gasteiger charge is 2.17. The maximum absolute atomic E-state index is 13.0. The minimum absolute atomic E-state index is 0. The number of hydrogen-bond donors (Lipinski definition) is 2. The quantitative estimate of drug-likeness (QED) is 0.809. The van der Waals surface area contributed by atoms with Gasteiger partial charge in [-0.3, -0.25) is 4.79 Å². The molecule has 21 heavy (non-hydrogen) atoms. The summed E-state index contributed by atoms with van der Waals surface area (Å²) >= 11 is 0. The largest absolute Gasteiger partial charge is 0.353 e. The van der Waals surface area contributed by atoms with Crippen LogP contribution in [0.25, 0.3) is 0 Å². The van der Waals surface area contributed by atoms with Crippen molar-refractivity contribution in [1.82, 2.24) is 10.2 Å². The maximum Gasteiger partial charge on any atom is 0.236 e. The third-order valence-corrected chi connectivity index (χ3v) is 3.28. The zero-order valence-corrected chi connectivity index (χ0v) is 13.6. The molecule has 0 aliphatic rings. The number of halogens is 2. The van der Waals surface area contributed by atoms with Crippen molar-refractivity contribution in [2.45, 2.75) is 31.8 Å². The van der Waals surface area contributed by atoms with E-state index in [4.69, 9.17) is 5.73 Å². The van der Waals surface area contributed by atoms with E-state index in [0.717, 1.165) is 12.0 Å². The Morgan fingerprint density at radius 1 is 1.33 bits per heavy atom. The lowest BCUT2D eigenvalue weighted by molar-refractivity contribution is -0.122. The summed E-state index contributed by atoms with van der Waals surface area (Å²) in [5, 5.41) is 2.86. The highest BCUT2D eigenvalue weighted by Crippen LogP contribution is 2.17. The van der Waals surface area contributed by atoms with Gasteiger partial charge in [-0.05, 0) is 38.2 Å². The Kier molecular flexibility index (Phi) is 9.17. The fraction of sp³-hybridized carbons (Fsp3) is 0.533. The predicted octanol–water partition coefficient (Wildman–Crippen LogP) is 2.09. The monoisotopic (exact) mass is 317 g/mol. The first-order valence-electron chi connectivity index (χ1n) is 6.90. The third kappa shape index (κ3) is 6.42. The Bertz CT molecular complexity index is 425. The number of nitrogens with zero attached hydrogens (tertiary/aromatic N) is 1. The van der Waals surface area contributed by atoms with E-state index in [1.54, 1.807) is 12.1 Å². The van der Waals surface area contributed by atoms with E-state index in [0.29, 0.717) is 13.0 Å². The zero-order valence-electron chi connectivity index (χ0n) is 12.8. The molecule has 0 fully saturated rings. The highest BCUT2D eigenvalue weighted by atomic mass is 35.5. The Hall–Kier alpha value is -1.17. The van der Waals surface area contributed by atoms with Crippen LogP contribution in [-0.4, -0.2) is 37.5 Å². The van der Waals surface area contributed by atoms with Gasteiger partial charge in [0.1, 0.15) is 5.82 Å². The lowest BCUT2D eigenvalue weighted by Crippen LogP contribution is -2.43. The molecule has 0 spiro atoms. The van der Waals surface area contributed by atoms with E-state index in [-0.39, 0.29) is 30.2 Å². The van der Waals surface area contributed by atoms with E-state index < -0.39 is 6.04 Å². The van der Waals surface area contributed by atoms with E-state index in [2.05, 4.69) is 5.32 Å². The van der Waals surface area contributed by atoms with Crippen molar-refractivity contribution < 1.29 is 9.18 Å². The van der Waals surface area contributed by atoms with Gasteiger partial charge in [0.05, 0.1) is 12.1 Å². The maximum atomic E-state index is 13.0. The van der Waals surface area contributed by atoms with Crippen molar-refractivity contribution in [1.29, 1.82) is 0 Å². The van der Waals surface area contributed by atoms with Crippen molar-refractivity contribution in [2.75, 3.05) is 20.6 Å². The summed E-state index contributed by atoms with van der Waals surface area (Å²) in [5.41, 5.74) is 6.73. The van der Waals surface area contributed by atoms with Gasteiger partial charge < -0.3 is 16.0 Å². The molecular weight excluding hydrogens is 293 g/mol. The van der Waals surface area contributed by atoms with Crippen LogP contribution in [0.1, 0.15) is 31.4 Å². The van der Waals surface area contributed by atoms with Gasteiger partial charge in [0.2, 0.25) is 5.91 Å². The number of carbonyl (C=O) groups is 1. The van der Waals surface area contributed by atoms with Gasteiger partial charge in [-0.25, -0.2) is 4.39 Å². The fourth-order valence-corrected chi connectivity index (χ4v) is 2.05. The molecule has 0 aliphatic heterocycles. The van der Waals surface area contributed by atoms with Crippen LogP contribution < -0.4 is 11.1 Å². The number of nitrogens with one attached hydrogen (secondary N) is 1. The summed E-state index contributed by atoms with van der Waals surface area (Å²) in [5.74, 6) is -0.402. The second-order valence-electron chi connectivity index (χ2n) is 5.17. The van der Waals surface area contributed by atoms with Crippen molar-refractivity contribution in [3.63, 3.8) is 0 Å². The van der Waals surface area contributed by atoms with Gasteiger partial charge in [-0.15, -0.1) is 12.4 Å². The molecule has 1 amide bonds. The third-order valence-electron chi connectivity index (χ3n) is 3.28. The molecule has 4 nitrogen and oxygen atoms in total. The van der Waals surface area contributed by atoms with Gasteiger partial charge in [0.25, 0.3) is 0 Å². The molecule has 0 bridgehead atoms. The van der Waals surface area contributed by atoms with E-state index in [1.807, 2.05) is 25.9 Å². The van der Waals surface area contributed by atoms with E-state index in [1.165, 1.54) is 12.1 Å². The molecule has 1 aromatic rings. The summed E-state index contributed by atoms with van der Waals surface area (Å²) in [6, 6.07) is 5.85. The molecular formula is C15H25ClFN3O. The van der Waals surface area contributed by atoms with Gasteiger partial charge in [0.15, 0.2) is 0 Å². The molecule has 2 unspecified atom stereocenters. The molecule has 0 saturated carbocycles. The lowest BCUT2D eigenvalue weighted by atomic mass is 10.1. The number of carbonyl (C=O) groups excluding carboxylic acids is 1. The number of likely N-dealkylation sites (N-methyl/N-ethyl adjacent to an activating group) is 1. The topological polar surface area (TPSA) is 58.4 Å². The Balaban J connectivity index is 0.00000400. The van der Waals surface area contributed by atoms with Gasteiger partial charge in [0, 0.05) is 6.54 Å². The standard InChI is InChI=1S/C15H24FN3O.ClH/c1-4-5-13(17)15(20)18-10-14(19(2)3)11-6-8-12(16)9-7-11;/h6-9,13-14H,4-5,10,17H2,1-3H3,(H,18,20);1H. The summed E-state index contributed by atoms with van der Waals surface area (Å²) < 4.78 is 13.0. The van der Waals surface area contributed by atoms with Crippen LogP contribution in [0.5, 0.6) is 0 Å². The number of hydrogen-bond acceptors (Lipinski definition) is 3. The molecule has 0 aromatic heterocycles. The molecule has 2 atom stereocenters. The molecule has 0 saturated heterocycles. The summed E-state index contributed by atoms with van der Waals surface area (Å²) in [6.45, 7) is 2.45. The van der Waals surface area contributed by atoms with Crippen LogP contribution >= 0.6 is 12.4 Å². The van der Waals surface area contributed by atoms with Crippen molar-refractivity contribution >= 4 is 18.3 Å². The molecule has 6 heteroatoms. The number of rotatable bonds is 7. The van der Waals surface area contributed by atoms with Crippen LogP contribution in [-0.2, 0) is 4.79 Å². The minimum Gasteiger partial charge on any atom is -0.353 e. The first kappa shape index (κ1) is 19.8. The Morgan fingerprint density at radius 2 is 1.90 bits per heavy atom. The fourth-order valence-electron chi connectivity index (χ4n) is 2.05. The summed E-state index contributed by atoms with van der Waals surface area (Å²) in [4.78, 5) is 13.8. The van der Waals surface area contributed by atoms with Gasteiger partial charge >= 0.3 is 0 Å². The van der Waals surface area contributed by atoms with Crippen LogP contribution in [0.2, 0.25) is 0 Å². The molecule has 0 radical (unpaired) electrons. The zero-order chi connectivity index (χ0) is 15.1. The minimum atomic E-state index is -0.462. The van der Waals surface area contributed by atoms with Gasteiger partial charge in [-0.1, -0.05) is 25.5 Å². The molecule has 0 heterocycles. The van der Waals surface area contributed by atoms with Crippen LogP contribution in [0.4, 0.5) is 4.39 Å². The second kappa shape index (κ2) is 9.71. The van der Waals surface area contributed by atoms with E-state index in [9.17, 15) is 9.18 Å². The summed E-state index contributed by atoms with van der Waals surface area (Å²) in [6.07, 6.45) is 1.55. The normalized spacial score (nSPS) is 13.4. The molecule has 3 N–H and O–H groups in total. The van der Waals surface area contributed by atoms with Crippen molar-refractivity contribution in [3.8, 4) is 0 Å². The number of nitrogens with two attached hydrogens (primary N) is 1. The highest BCUT2D eigenvalue weighted by molar-refractivity contribution is 5.85. The lowest BCUT2D eigenvalue weighted by Gasteiger charge is -2.25. The van der Waals surface area contributed by atoms with Crippen LogP contribution in [0, 0.1) is 5.82 Å². The number of amides is 1. The first-order valence-corrected chi connectivity index (χ1v) is 6.90. The molecule has 1 rings (SSSR count). The van der Waals surface area contributed by atoms with Crippen molar-refractivity contribution in [2.24, 2.45) is 5.73 Å². The van der Waals surface area contributed by atoms with Crippen molar-refractivity contribution in [3.05, 3.63) is 35.6 Å². The number of benzene rings is 1. The summed E-state index contributed by atoms with van der Waals surface area (Å²) in [7, 11) is 3.85. The second-order valence-corrected chi connectivity index (χ2v) is 5.17. The van der Waals surface area contributed by atoms with Crippen LogP contribution in [0.15, 0.2) is 24.3 Å². The Morgan fingerprint density at radius 3 is 2.38 bits per heavy atom. The first-order chi connectivity index (χ1) is 9.45. The average molecular weight is 318 g/mol. The smallest absolute Gasteiger partial charge is 0.236 e. The Labute approximate surface area is 132 Å². The SMILES string of the molecule is CCCC(N)C(=O)NCC(c1ccc(F)cc1)N(C)C.Cl. The molecule has 0 aliphatic carbocycles. The average Bonchev–Trinajstić information content (AvgIpc) is 2.40. The van der Waals surface area contributed by atoms with Crippen LogP contribution in [0.3, 0.4) is 0 Å². The molecule has 120 valence electrons. The predicted molar refractivity (Wildman–Crippen MR) is 86.0 cm³/mol. The van der Waals surface area contributed by atoms with Gasteiger partial charge in [-0.2, -0.15) is 0 Å². The van der Waals surface area contributed by atoms with E-state index >= 15 is 0 Å². The molecule has 1 aromatic carbocycles.